The summed E-state index contributed by atoms with van der Waals surface area (Å²) in [5.41, 5.74) is -0.216. The minimum Gasteiger partial charge on any atom is -0.468 e. The van der Waals surface area contributed by atoms with Gasteiger partial charge in [-0.25, -0.2) is 0 Å². The van der Waals surface area contributed by atoms with Gasteiger partial charge in [0.15, 0.2) is 5.41 Å². The quantitative estimate of drug-likeness (QED) is 0.629. The van der Waals surface area contributed by atoms with Crippen molar-refractivity contribution in [3.63, 3.8) is 0 Å². The van der Waals surface area contributed by atoms with E-state index in [-0.39, 0.29) is 5.92 Å². The SMILES string of the molecule is COC(=O)C1(C(=O)OC)CCCCC1c1ccccc1. The third kappa shape index (κ3) is 2.30. The molecule has 1 aromatic carbocycles. The summed E-state index contributed by atoms with van der Waals surface area (Å²) < 4.78 is 9.86. The number of esters is 2. The molecule has 0 N–H and O–H groups in total. The van der Waals surface area contributed by atoms with Crippen molar-refractivity contribution >= 4 is 11.9 Å². The van der Waals surface area contributed by atoms with Gasteiger partial charge in [0.25, 0.3) is 0 Å². The van der Waals surface area contributed by atoms with Crippen LogP contribution >= 0.6 is 0 Å². The molecule has 0 bridgehead atoms. The number of carbonyl (C=O) groups excluding carboxylic acids is 2. The summed E-state index contributed by atoms with van der Waals surface area (Å²) in [6.07, 6.45) is 3.09. The molecule has 2 rings (SSSR count). The highest BCUT2D eigenvalue weighted by Gasteiger charge is 2.55. The number of methoxy groups -OCH3 is 2. The first-order chi connectivity index (χ1) is 9.66. The Morgan fingerprint density at radius 1 is 1.05 bits per heavy atom. The molecule has 1 unspecified atom stereocenters. The topological polar surface area (TPSA) is 52.6 Å². The van der Waals surface area contributed by atoms with E-state index in [9.17, 15) is 9.59 Å². The summed E-state index contributed by atoms with van der Waals surface area (Å²) in [6.45, 7) is 0. The average Bonchev–Trinajstić information content (AvgIpc) is 2.53. The Morgan fingerprint density at radius 3 is 2.20 bits per heavy atom. The minimum atomic E-state index is -1.21. The van der Waals surface area contributed by atoms with Crippen LogP contribution in [0.1, 0.15) is 37.2 Å². The fourth-order valence-corrected chi connectivity index (χ4v) is 3.25. The lowest BCUT2D eigenvalue weighted by Crippen LogP contribution is -2.47. The van der Waals surface area contributed by atoms with Crippen molar-refractivity contribution in [1.82, 2.24) is 0 Å². The Morgan fingerprint density at radius 2 is 1.65 bits per heavy atom. The van der Waals surface area contributed by atoms with E-state index in [4.69, 9.17) is 9.47 Å². The van der Waals surface area contributed by atoms with Crippen LogP contribution in [0.4, 0.5) is 0 Å². The molecular weight excluding hydrogens is 256 g/mol. The predicted molar refractivity (Wildman–Crippen MR) is 74.1 cm³/mol. The van der Waals surface area contributed by atoms with Gasteiger partial charge >= 0.3 is 11.9 Å². The lowest BCUT2D eigenvalue weighted by atomic mass is 9.63. The van der Waals surface area contributed by atoms with Gasteiger partial charge < -0.3 is 9.47 Å². The largest absolute Gasteiger partial charge is 0.468 e. The zero-order valence-corrected chi connectivity index (χ0v) is 11.9. The lowest BCUT2D eigenvalue weighted by Gasteiger charge is -2.39. The van der Waals surface area contributed by atoms with Gasteiger partial charge in [-0.3, -0.25) is 9.59 Å². The summed E-state index contributed by atoms with van der Waals surface area (Å²) in [4.78, 5) is 24.7. The fourth-order valence-electron chi connectivity index (χ4n) is 3.25. The molecule has 4 nitrogen and oxygen atoms in total. The Bertz CT molecular complexity index is 465. The highest BCUT2D eigenvalue weighted by atomic mass is 16.5. The van der Waals surface area contributed by atoms with Crippen molar-refractivity contribution < 1.29 is 19.1 Å². The maximum Gasteiger partial charge on any atom is 0.323 e. The van der Waals surface area contributed by atoms with Crippen molar-refractivity contribution in [2.24, 2.45) is 5.41 Å². The molecule has 0 amide bonds. The Labute approximate surface area is 119 Å². The monoisotopic (exact) mass is 276 g/mol. The van der Waals surface area contributed by atoms with Crippen LogP contribution in [-0.4, -0.2) is 26.2 Å². The van der Waals surface area contributed by atoms with Gasteiger partial charge in [-0.1, -0.05) is 43.2 Å². The van der Waals surface area contributed by atoms with Crippen LogP contribution in [0.15, 0.2) is 30.3 Å². The Balaban J connectivity index is 2.50. The number of hydrogen-bond acceptors (Lipinski definition) is 4. The van der Waals surface area contributed by atoms with E-state index in [2.05, 4.69) is 0 Å². The molecule has 0 aliphatic heterocycles. The first-order valence-electron chi connectivity index (χ1n) is 6.88. The maximum absolute atomic E-state index is 12.3. The van der Waals surface area contributed by atoms with Crippen molar-refractivity contribution in [2.45, 2.75) is 31.6 Å². The number of hydrogen-bond donors (Lipinski definition) is 0. The van der Waals surface area contributed by atoms with E-state index in [1.807, 2.05) is 30.3 Å². The molecule has 0 radical (unpaired) electrons. The molecular formula is C16H20O4. The second kappa shape index (κ2) is 6.07. The van der Waals surface area contributed by atoms with Crippen molar-refractivity contribution in [2.75, 3.05) is 14.2 Å². The van der Waals surface area contributed by atoms with Crippen LogP contribution in [0.5, 0.6) is 0 Å². The molecule has 0 saturated heterocycles. The van der Waals surface area contributed by atoms with Crippen LogP contribution in [0.2, 0.25) is 0 Å². The second-order valence-electron chi connectivity index (χ2n) is 5.16. The smallest absolute Gasteiger partial charge is 0.323 e. The average molecular weight is 276 g/mol. The number of rotatable bonds is 3. The van der Waals surface area contributed by atoms with Crippen molar-refractivity contribution in [3.05, 3.63) is 35.9 Å². The molecule has 1 fully saturated rings. The molecule has 108 valence electrons. The highest BCUT2D eigenvalue weighted by Crippen LogP contribution is 2.49. The number of ether oxygens (including phenoxy) is 2. The summed E-state index contributed by atoms with van der Waals surface area (Å²) in [7, 11) is 2.65. The standard InChI is InChI=1S/C16H20O4/c1-19-14(17)16(15(18)20-2)11-7-6-10-13(16)12-8-4-3-5-9-12/h3-5,8-9,13H,6-7,10-11H2,1-2H3. The molecule has 1 saturated carbocycles. The third-order valence-corrected chi connectivity index (χ3v) is 4.21. The first-order valence-corrected chi connectivity index (χ1v) is 6.88. The second-order valence-corrected chi connectivity index (χ2v) is 5.16. The zero-order valence-electron chi connectivity index (χ0n) is 11.9. The van der Waals surface area contributed by atoms with Crippen LogP contribution < -0.4 is 0 Å². The van der Waals surface area contributed by atoms with Gasteiger partial charge in [0.05, 0.1) is 14.2 Å². The van der Waals surface area contributed by atoms with Crippen LogP contribution in [0, 0.1) is 5.41 Å². The Hall–Kier alpha value is -1.84. The van der Waals surface area contributed by atoms with E-state index in [1.165, 1.54) is 14.2 Å². The van der Waals surface area contributed by atoms with E-state index in [1.54, 1.807) is 0 Å². The summed E-state index contributed by atoms with van der Waals surface area (Å²) in [5.74, 6) is -1.16. The first kappa shape index (κ1) is 14.6. The van der Waals surface area contributed by atoms with Crippen LogP contribution in [0.25, 0.3) is 0 Å². The van der Waals surface area contributed by atoms with E-state index >= 15 is 0 Å². The molecule has 4 heteroatoms. The fraction of sp³-hybridized carbons (Fsp3) is 0.500. The van der Waals surface area contributed by atoms with Crippen molar-refractivity contribution in [3.8, 4) is 0 Å². The lowest BCUT2D eigenvalue weighted by molar-refractivity contribution is -0.173. The van der Waals surface area contributed by atoms with E-state index in [0.29, 0.717) is 6.42 Å². The van der Waals surface area contributed by atoms with E-state index in [0.717, 1.165) is 24.8 Å². The number of carbonyl (C=O) groups is 2. The van der Waals surface area contributed by atoms with Gasteiger partial charge in [-0.15, -0.1) is 0 Å². The van der Waals surface area contributed by atoms with Gasteiger partial charge in [0.1, 0.15) is 0 Å². The van der Waals surface area contributed by atoms with E-state index < -0.39 is 17.4 Å². The van der Waals surface area contributed by atoms with Gasteiger partial charge in [0, 0.05) is 5.92 Å². The molecule has 20 heavy (non-hydrogen) atoms. The summed E-state index contributed by atoms with van der Waals surface area (Å²) >= 11 is 0. The molecule has 1 atom stereocenters. The molecule has 1 aromatic rings. The predicted octanol–water partition coefficient (Wildman–Crippen LogP) is 2.68. The van der Waals surface area contributed by atoms with Gasteiger partial charge in [-0.05, 0) is 18.4 Å². The zero-order chi connectivity index (χ0) is 14.6. The third-order valence-electron chi connectivity index (χ3n) is 4.21. The highest BCUT2D eigenvalue weighted by molar-refractivity contribution is 6.01. The number of benzene rings is 1. The van der Waals surface area contributed by atoms with Crippen molar-refractivity contribution in [1.29, 1.82) is 0 Å². The normalized spacial score (nSPS) is 21.0. The van der Waals surface area contributed by atoms with Crippen LogP contribution in [-0.2, 0) is 19.1 Å². The molecule has 1 aliphatic rings. The molecule has 0 heterocycles. The molecule has 1 aliphatic carbocycles. The summed E-state index contributed by atoms with van der Waals surface area (Å²) in [5, 5.41) is 0. The molecule has 0 spiro atoms. The summed E-state index contributed by atoms with van der Waals surface area (Å²) in [6, 6.07) is 9.67. The maximum atomic E-state index is 12.3. The van der Waals surface area contributed by atoms with Gasteiger partial charge in [-0.2, -0.15) is 0 Å². The van der Waals surface area contributed by atoms with Gasteiger partial charge in [0.2, 0.25) is 0 Å². The molecule has 0 aromatic heterocycles. The van der Waals surface area contributed by atoms with Crippen LogP contribution in [0.3, 0.4) is 0 Å². The Kier molecular flexibility index (Phi) is 4.42. The minimum absolute atomic E-state index is 0.183.